The minimum Gasteiger partial charge on any atom is -0.393 e. The summed E-state index contributed by atoms with van der Waals surface area (Å²) < 4.78 is 0. The number of nitrogens with one attached hydrogen (secondary N) is 2. The van der Waals surface area contributed by atoms with E-state index in [1.807, 2.05) is 11.8 Å². The van der Waals surface area contributed by atoms with Crippen molar-refractivity contribution in [3.8, 4) is 0 Å². The van der Waals surface area contributed by atoms with Crippen LogP contribution in [-0.4, -0.2) is 59.0 Å². The normalized spacial score (nSPS) is 24.8. The first-order valence-corrected chi connectivity index (χ1v) is 6.60. The molecule has 0 aliphatic carbocycles. The zero-order valence-corrected chi connectivity index (χ0v) is 10.3. The first kappa shape index (κ1) is 13.8. The van der Waals surface area contributed by atoms with Gasteiger partial charge in [-0.2, -0.15) is 11.8 Å². The lowest BCUT2D eigenvalue weighted by Crippen LogP contribution is -2.46. The van der Waals surface area contributed by atoms with E-state index >= 15 is 0 Å². The Morgan fingerprint density at radius 1 is 1.69 bits per heavy atom. The quantitative estimate of drug-likeness (QED) is 0.499. The summed E-state index contributed by atoms with van der Waals surface area (Å²) in [4.78, 5) is 11.5. The Hall–Kier alpha value is -0.300. The number of rotatable bonds is 5. The van der Waals surface area contributed by atoms with Gasteiger partial charge >= 0.3 is 0 Å². The Labute approximate surface area is 100.0 Å². The molecule has 6 heteroatoms. The Balaban J connectivity index is 2.19. The first-order chi connectivity index (χ1) is 7.53. The van der Waals surface area contributed by atoms with Crippen LogP contribution in [0.4, 0.5) is 0 Å². The van der Waals surface area contributed by atoms with Crippen molar-refractivity contribution >= 4 is 17.7 Å². The fourth-order valence-corrected chi connectivity index (χ4v) is 2.34. The van der Waals surface area contributed by atoms with Crippen LogP contribution in [0.5, 0.6) is 0 Å². The average Bonchev–Trinajstić information content (AvgIpc) is 2.28. The van der Waals surface area contributed by atoms with Gasteiger partial charge in [-0.1, -0.05) is 0 Å². The summed E-state index contributed by atoms with van der Waals surface area (Å²) in [7, 11) is 0. The van der Waals surface area contributed by atoms with Gasteiger partial charge in [0.15, 0.2) is 0 Å². The van der Waals surface area contributed by atoms with E-state index in [4.69, 9.17) is 5.11 Å². The molecule has 94 valence electrons. The molecular weight excluding hydrogens is 228 g/mol. The molecule has 0 aromatic carbocycles. The van der Waals surface area contributed by atoms with Crippen LogP contribution < -0.4 is 10.6 Å². The van der Waals surface area contributed by atoms with E-state index in [9.17, 15) is 9.90 Å². The van der Waals surface area contributed by atoms with Gasteiger partial charge in [-0.15, -0.1) is 0 Å². The molecule has 1 aliphatic rings. The van der Waals surface area contributed by atoms with E-state index in [1.165, 1.54) is 6.92 Å². The van der Waals surface area contributed by atoms with Crippen molar-refractivity contribution in [3.63, 3.8) is 0 Å². The van der Waals surface area contributed by atoms with Crippen molar-refractivity contribution in [2.24, 2.45) is 0 Å². The van der Waals surface area contributed by atoms with Crippen LogP contribution in [0, 0.1) is 0 Å². The third-order valence-electron chi connectivity index (χ3n) is 2.44. The lowest BCUT2D eigenvalue weighted by Gasteiger charge is -2.24. The lowest BCUT2D eigenvalue weighted by molar-refractivity contribution is -0.123. The summed E-state index contributed by atoms with van der Waals surface area (Å²) in [5.41, 5.74) is -1.23. The topological polar surface area (TPSA) is 81.6 Å². The zero-order valence-electron chi connectivity index (χ0n) is 9.53. The molecule has 1 rings (SSSR count). The van der Waals surface area contributed by atoms with Gasteiger partial charge in [0.25, 0.3) is 0 Å². The predicted molar refractivity (Wildman–Crippen MR) is 64.5 cm³/mol. The Morgan fingerprint density at radius 3 is 3.00 bits per heavy atom. The molecule has 5 nitrogen and oxygen atoms in total. The van der Waals surface area contributed by atoms with Crippen molar-refractivity contribution in [1.82, 2.24) is 10.6 Å². The van der Waals surface area contributed by atoms with Crippen LogP contribution in [0.2, 0.25) is 0 Å². The molecule has 2 unspecified atom stereocenters. The highest BCUT2D eigenvalue weighted by atomic mass is 32.2. The van der Waals surface area contributed by atoms with Gasteiger partial charge in [-0.3, -0.25) is 4.79 Å². The minimum absolute atomic E-state index is 0.0855. The van der Waals surface area contributed by atoms with E-state index in [-0.39, 0.29) is 25.1 Å². The van der Waals surface area contributed by atoms with Gasteiger partial charge in [0.05, 0.1) is 6.61 Å². The highest BCUT2D eigenvalue weighted by Crippen LogP contribution is 2.10. The first-order valence-electron chi connectivity index (χ1n) is 5.44. The number of aliphatic hydroxyl groups is 2. The number of hydrogen-bond donors (Lipinski definition) is 4. The van der Waals surface area contributed by atoms with E-state index < -0.39 is 5.60 Å². The van der Waals surface area contributed by atoms with Crippen molar-refractivity contribution in [1.29, 1.82) is 0 Å². The zero-order chi connectivity index (χ0) is 12.0. The smallest absolute Gasteiger partial charge is 0.221 e. The van der Waals surface area contributed by atoms with E-state index in [0.717, 1.165) is 18.1 Å². The molecule has 0 spiro atoms. The SMILES string of the molecule is CC(O)(CO)CNC(=O)CC1CSCCN1. The summed E-state index contributed by atoms with van der Waals surface area (Å²) in [6.45, 7) is 2.16. The molecule has 4 N–H and O–H groups in total. The van der Waals surface area contributed by atoms with Crippen molar-refractivity contribution in [3.05, 3.63) is 0 Å². The highest BCUT2D eigenvalue weighted by Gasteiger charge is 2.21. The van der Waals surface area contributed by atoms with Gasteiger partial charge in [-0.05, 0) is 6.92 Å². The molecule has 2 atom stereocenters. The van der Waals surface area contributed by atoms with Gasteiger partial charge < -0.3 is 20.8 Å². The molecule has 1 aliphatic heterocycles. The van der Waals surface area contributed by atoms with Gasteiger partial charge in [0.1, 0.15) is 5.60 Å². The van der Waals surface area contributed by atoms with Crippen LogP contribution in [0.1, 0.15) is 13.3 Å². The average molecular weight is 248 g/mol. The second-order valence-corrected chi connectivity index (χ2v) is 5.51. The summed E-state index contributed by atoms with van der Waals surface area (Å²) in [5, 5.41) is 24.2. The molecule has 0 aromatic heterocycles. The minimum atomic E-state index is -1.23. The molecule has 0 aromatic rings. The number of hydrogen-bond acceptors (Lipinski definition) is 5. The fraction of sp³-hybridized carbons (Fsp3) is 0.900. The van der Waals surface area contributed by atoms with E-state index in [1.54, 1.807) is 0 Å². The molecule has 0 saturated carbocycles. The van der Waals surface area contributed by atoms with Crippen molar-refractivity contribution < 1.29 is 15.0 Å². The molecule has 1 heterocycles. The van der Waals surface area contributed by atoms with E-state index in [0.29, 0.717) is 6.42 Å². The van der Waals surface area contributed by atoms with Gasteiger partial charge in [0, 0.05) is 37.1 Å². The Kier molecular flexibility index (Phi) is 5.54. The van der Waals surface area contributed by atoms with Gasteiger partial charge in [-0.25, -0.2) is 0 Å². The second kappa shape index (κ2) is 6.44. The second-order valence-electron chi connectivity index (χ2n) is 4.36. The number of aliphatic hydroxyl groups excluding tert-OH is 1. The van der Waals surface area contributed by atoms with Gasteiger partial charge in [0.2, 0.25) is 5.91 Å². The molecule has 1 amide bonds. The van der Waals surface area contributed by atoms with Crippen molar-refractivity contribution in [2.45, 2.75) is 25.0 Å². The summed E-state index contributed by atoms with van der Waals surface area (Å²) >= 11 is 1.84. The summed E-state index contributed by atoms with van der Waals surface area (Å²) in [6.07, 6.45) is 0.425. The number of carbonyl (C=O) groups excluding carboxylic acids is 1. The molecule has 0 bridgehead atoms. The van der Waals surface area contributed by atoms with Crippen LogP contribution in [0.3, 0.4) is 0 Å². The van der Waals surface area contributed by atoms with Crippen LogP contribution in [0.15, 0.2) is 0 Å². The van der Waals surface area contributed by atoms with Crippen LogP contribution in [-0.2, 0) is 4.79 Å². The molecule has 16 heavy (non-hydrogen) atoms. The fourth-order valence-electron chi connectivity index (χ4n) is 1.39. The highest BCUT2D eigenvalue weighted by molar-refractivity contribution is 7.99. The third-order valence-corrected chi connectivity index (χ3v) is 3.57. The number of amides is 1. The van der Waals surface area contributed by atoms with Crippen LogP contribution in [0.25, 0.3) is 0 Å². The van der Waals surface area contributed by atoms with Crippen molar-refractivity contribution in [2.75, 3.05) is 31.2 Å². The monoisotopic (exact) mass is 248 g/mol. The lowest BCUT2D eigenvalue weighted by atomic mass is 10.1. The molecule has 0 radical (unpaired) electrons. The third kappa shape index (κ3) is 5.16. The standard InChI is InChI=1S/C10H20N2O3S/c1-10(15,7-13)6-12-9(14)4-8-5-16-3-2-11-8/h8,11,13,15H,2-7H2,1H3,(H,12,14). The maximum absolute atomic E-state index is 11.5. The van der Waals surface area contributed by atoms with Crippen LogP contribution >= 0.6 is 11.8 Å². The number of thioether (sulfide) groups is 1. The predicted octanol–water partition coefficient (Wildman–Crippen LogP) is -1.06. The van der Waals surface area contributed by atoms with E-state index in [2.05, 4.69) is 10.6 Å². The number of carbonyl (C=O) groups is 1. The summed E-state index contributed by atoms with van der Waals surface area (Å²) in [6, 6.07) is 0.220. The largest absolute Gasteiger partial charge is 0.393 e. The molecular formula is C10H20N2O3S. The maximum atomic E-state index is 11.5. The Bertz CT molecular complexity index is 230. The summed E-state index contributed by atoms with van der Waals surface area (Å²) in [5.74, 6) is 1.95. The maximum Gasteiger partial charge on any atom is 0.221 e. The molecule has 1 saturated heterocycles. The Morgan fingerprint density at radius 2 is 2.44 bits per heavy atom. The molecule has 1 fully saturated rings.